The zero-order chi connectivity index (χ0) is 20.2. The topological polar surface area (TPSA) is 52.6 Å². The molecule has 0 heterocycles. The van der Waals surface area contributed by atoms with Crippen molar-refractivity contribution in [1.29, 1.82) is 0 Å². The summed E-state index contributed by atoms with van der Waals surface area (Å²) >= 11 is 7.11. The Morgan fingerprint density at radius 3 is 2.59 bits per heavy atom. The lowest BCUT2D eigenvalue weighted by atomic mass is 9.54. The van der Waals surface area contributed by atoms with E-state index in [0.29, 0.717) is 30.0 Å². The number of alkyl halides is 1. The summed E-state index contributed by atoms with van der Waals surface area (Å²) in [6, 6.07) is 0. The third-order valence-corrected chi connectivity index (χ3v) is 7.68. The number of esters is 1. The van der Waals surface area contributed by atoms with Gasteiger partial charge in [-0.1, -0.05) is 34.1 Å². The first kappa shape index (κ1) is 22.3. The van der Waals surface area contributed by atoms with Gasteiger partial charge in [0, 0.05) is 12.3 Å². The van der Waals surface area contributed by atoms with Crippen LogP contribution in [0.5, 0.6) is 0 Å². The Bertz CT molecular complexity index is 575. The fourth-order valence-corrected chi connectivity index (χ4v) is 6.58. The second-order valence-electron chi connectivity index (χ2n) is 8.23. The minimum atomic E-state index is -0.584. The number of fused-ring (bicyclic) bond motifs is 3. The molecular formula is C22H35ClO4. The van der Waals surface area contributed by atoms with E-state index in [1.807, 2.05) is 19.9 Å². The van der Waals surface area contributed by atoms with Crippen molar-refractivity contribution >= 4 is 24.0 Å². The molecule has 0 radical (unpaired) electrons. The van der Waals surface area contributed by atoms with Gasteiger partial charge in [-0.15, -0.1) is 11.6 Å². The number of carbonyl (C=O) groups is 2. The maximum Gasteiger partial charge on any atom is 0.302 e. The van der Waals surface area contributed by atoms with Gasteiger partial charge in [0.25, 0.3) is 6.47 Å². The van der Waals surface area contributed by atoms with Gasteiger partial charge < -0.3 is 9.47 Å². The third-order valence-electron chi connectivity index (χ3n) is 7.02. The summed E-state index contributed by atoms with van der Waals surface area (Å²) in [4.78, 5) is 21.9. The van der Waals surface area contributed by atoms with Crippen molar-refractivity contribution in [2.45, 2.75) is 90.5 Å². The van der Waals surface area contributed by atoms with Crippen molar-refractivity contribution in [3.63, 3.8) is 0 Å². The molecule has 2 saturated carbocycles. The first-order chi connectivity index (χ1) is 12.9. The largest absolute Gasteiger partial charge is 0.462 e. The molecule has 3 aliphatic rings. The highest BCUT2D eigenvalue weighted by Gasteiger charge is 2.60. The van der Waals surface area contributed by atoms with Gasteiger partial charge in [0.05, 0.1) is 0 Å². The Hall–Kier alpha value is -1.03. The van der Waals surface area contributed by atoms with Gasteiger partial charge in [-0.25, -0.2) is 0 Å². The molecule has 4 nitrogen and oxygen atoms in total. The SMILES string of the molecule is CC.CCC[C@@]1(Cl)C(OC=O)=CCC2C3CCC(OC(C)=O)[C@@]3(C)CCC21. The van der Waals surface area contributed by atoms with E-state index in [4.69, 9.17) is 21.1 Å². The molecule has 0 aromatic carbocycles. The molecule has 0 amide bonds. The van der Waals surface area contributed by atoms with Crippen LogP contribution in [-0.4, -0.2) is 23.4 Å². The third kappa shape index (κ3) is 3.92. The first-order valence-electron chi connectivity index (χ1n) is 10.5. The predicted molar refractivity (Wildman–Crippen MR) is 107 cm³/mol. The molecular weight excluding hydrogens is 364 g/mol. The Balaban J connectivity index is 0.00000126. The molecule has 0 aromatic rings. The van der Waals surface area contributed by atoms with Gasteiger partial charge in [0.2, 0.25) is 0 Å². The van der Waals surface area contributed by atoms with Crippen LogP contribution in [0, 0.1) is 23.2 Å². The number of hydrogen-bond donors (Lipinski definition) is 0. The number of ether oxygens (including phenoxy) is 2. The molecule has 5 heteroatoms. The van der Waals surface area contributed by atoms with E-state index in [1.54, 1.807) is 0 Å². The predicted octanol–water partition coefficient (Wildman–Crippen LogP) is 5.63. The van der Waals surface area contributed by atoms with Gasteiger partial charge >= 0.3 is 5.97 Å². The lowest BCUT2D eigenvalue weighted by Gasteiger charge is -2.54. The average molecular weight is 399 g/mol. The van der Waals surface area contributed by atoms with E-state index in [0.717, 1.165) is 44.9 Å². The Labute approximate surface area is 169 Å². The van der Waals surface area contributed by atoms with E-state index in [1.165, 1.54) is 6.92 Å². The van der Waals surface area contributed by atoms with Crippen molar-refractivity contribution in [2.24, 2.45) is 23.2 Å². The number of rotatable bonds is 5. The molecule has 0 aliphatic heterocycles. The molecule has 0 bridgehead atoms. The zero-order valence-electron chi connectivity index (χ0n) is 17.4. The minimum absolute atomic E-state index is 0.0171. The van der Waals surface area contributed by atoms with E-state index in [2.05, 4.69) is 13.8 Å². The maximum atomic E-state index is 11.5. The molecule has 2 fully saturated rings. The monoisotopic (exact) mass is 398 g/mol. The lowest BCUT2D eigenvalue weighted by molar-refractivity contribution is -0.155. The zero-order valence-corrected chi connectivity index (χ0v) is 18.2. The van der Waals surface area contributed by atoms with Crippen molar-refractivity contribution in [3.05, 3.63) is 11.8 Å². The van der Waals surface area contributed by atoms with Crippen molar-refractivity contribution in [1.82, 2.24) is 0 Å². The maximum absolute atomic E-state index is 11.5. The normalized spacial score (nSPS) is 39.9. The summed E-state index contributed by atoms with van der Waals surface area (Å²) in [6.07, 6.45) is 8.70. The van der Waals surface area contributed by atoms with Crippen LogP contribution in [0.1, 0.15) is 79.6 Å². The van der Waals surface area contributed by atoms with Crippen LogP contribution in [0.25, 0.3) is 0 Å². The Kier molecular flexibility index (Phi) is 7.40. The quantitative estimate of drug-likeness (QED) is 0.342. The molecule has 3 rings (SSSR count). The smallest absolute Gasteiger partial charge is 0.302 e. The van der Waals surface area contributed by atoms with Crippen LogP contribution in [0.3, 0.4) is 0 Å². The number of carbonyl (C=O) groups excluding carboxylic acids is 2. The van der Waals surface area contributed by atoms with Gasteiger partial charge in [-0.2, -0.15) is 0 Å². The van der Waals surface area contributed by atoms with Crippen LogP contribution >= 0.6 is 11.6 Å². The highest BCUT2D eigenvalue weighted by Crippen LogP contribution is 2.63. The molecule has 0 N–H and O–H groups in total. The fraction of sp³-hybridized carbons (Fsp3) is 0.818. The first-order valence-corrected chi connectivity index (χ1v) is 10.9. The van der Waals surface area contributed by atoms with Crippen LogP contribution in [0.15, 0.2) is 11.8 Å². The Morgan fingerprint density at radius 2 is 2.00 bits per heavy atom. The van der Waals surface area contributed by atoms with E-state index < -0.39 is 4.87 Å². The highest BCUT2D eigenvalue weighted by atomic mass is 35.5. The molecule has 3 aliphatic carbocycles. The van der Waals surface area contributed by atoms with E-state index in [-0.39, 0.29) is 17.5 Å². The second kappa shape index (κ2) is 8.98. The summed E-state index contributed by atoms with van der Waals surface area (Å²) in [5.41, 5.74) is 0.0354. The van der Waals surface area contributed by atoms with Gasteiger partial charge in [-0.05, 0) is 62.4 Å². The lowest BCUT2D eigenvalue weighted by Crippen LogP contribution is -2.52. The molecule has 0 saturated heterocycles. The highest BCUT2D eigenvalue weighted by molar-refractivity contribution is 6.26. The minimum Gasteiger partial charge on any atom is -0.462 e. The van der Waals surface area contributed by atoms with Crippen molar-refractivity contribution < 1.29 is 19.1 Å². The standard InChI is InChI=1S/C20H29ClO4.C2H6/c1-4-10-20(21)16-9-11-19(3)15(6-8-17(19)25-13(2)23)14(16)5-7-18(20)24-12-22;1-2/h7,12,14-17H,4-6,8-11H2,1-3H3;1-2H3/t14?,15?,16?,17?,19-,20-;/m0./s1. The molecule has 0 aromatic heterocycles. The van der Waals surface area contributed by atoms with Gasteiger partial charge in [-0.3, -0.25) is 9.59 Å². The summed E-state index contributed by atoms with van der Waals surface area (Å²) in [7, 11) is 0. The second-order valence-corrected chi connectivity index (χ2v) is 8.90. The Morgan fingerprint density at radius 1 is 1.30 bits per heavy atom. The van der Waals surface area contributed by atoms with Crippen molar-refractivity contribution in [3.8, 4) is 0 Å². The average Bonchev–Trinajstić information content (AvgIpc) is 2.96. The fourth-order valence-electron chi connectivity index (χ4n) is 6.00. The molecule has 154 valence electrons. The van der Waals surface area contributed by atoms with Gasteiger partial charge in [0.15, 0.2) is 0 Å². The number of halogens is 1. The number of allylic oxidation sites excluding steroid dienone is 2. The summed E-state index contributed by atoms with van der Waals surface area (Å²) in [5, 5.41) is 0. The summed E-state index contributed by atoms with van der Waals surface area (Å²) in [6.45, 7) is 10.4. The van der Waals surface area contributed by atoms with E-state index in [9.17, 15) is 9.59 Å². The van der Waals surface area contributed by atoms with Crippen LogP contribution < -0.4 is 0 Å². The summed E-state index contributed by atoms with van der Waals surface area (Å²) < 4.78 is 11.0. The molecule has 0 spiro atoms. The molecule has 4 unspecified atom stereocenters. The van der Waals surface area contributed by atoms with Crippen LogP contribution in [0.4, 0.5) is 0 Å². The molecule has 6 atom stereocenters. The van der Waals surface area contributed by atoms with Crippen LogP contribution in [-0.2, 0) is 19.1 Å². The number of hydrogen-bond acceptors (Lipinski definition) is 4. The van der Waals surface area contributed by atoms with Crippen LogP contribution in [0.2, 0.25) is 0 Å². The molecule has 27 heavy (non-hydrogen) atoms. The summed E-state index contributed by atoms with van der Waals surface area (Å²) in [5.74, 6) is 1.73. The van der Waals surface area contributed by atoms with Gasteiger partial charge in [0.1, 0.15) is 16.7 Å². The van der Waals surface area contributed by atoms with E-state index >= 15 is 0 Å². The van der Waals surface area contributed by atoms with Crippen molar-refractivity contribution in [2.75, 3.05) is 0 Å².